The first-order chi connectivity index (χ1) is 12.9. The van der Waals surface area contributed by atoms with E-state index in [1.165, 1.54) is 10.4 Å². The van der Waals surface area contributed by atoms with Crippen LogP contribution in [0.4, 0.5) is 0 Å². The number of amides is 1. The molecular weight excluding hydrogens is 366 g/mol. The first kappa shape index (κ1) is 21.9. The fourth-order valence-corrected chi connectivity index (χ4v) is 5.25. The predicted octanol–water partition coefficient (Wildman–Crippen LogP) is 2.48. The highest BCUT2D eigenvalue weighted by Gasteiger charge is 2.30. The molecule has 0 saturated carbocycles. The van der Waals surface area contributed by atoms with Gasteiger partial charge in [-0.2, -0.15) is 4.31 Å². The third-order valence-corrected chi connectivity index (χ3v) is 7.20. The zero-order valence-corrected chi connectivity index (χ0v) is 17.8. The highest BCUT2D eigenvalue weighted by atomic mass is 32.2. The maximum atomic E-state index is 13.2. The zero-order chi connectivity index (χ0) is 20.0. The Balaban J connectivity index is 2.30. The number of aryl methyl sites for hydroxylation is 1. The van der Waals surface area contributed by atoms with Gasteiger partial charge < -0.3 is 14.2 Å². The summed E-state index contributed by atoms with van der Waals surface area (Å²) in [5.74, 6) is -0.150. The van der Waals surface area contributed by atoms with E-state index in [1.807, 2.05) is 0 Å². The molecule has 2 heterocycles. The van der Waals surface area contributed by atoms with Crippen LogP contribution in [0.1, 0.15) is 56.4 Å². The molecule has 154 valence electrons. The summed E-state index contributed by atoms with van der Waals surface area (Å²) in [4.78, 5) is 15.2. The van der Waals surface area contributed by atoms with Crippen molar-refractivity contribution in [2.75, 3.05) is 33.4 Å². The summed E-state index contributed by atoms with van der Waals surface area (Å²) < 4.78 is 34.2. The largest absolute Gasteiger partial charge is 0.383 e. The van der Waals surface area contributed by atoms with Crippen molar-refractivity contribution in [2.24, 2.45) is 7.05 Å². The van der Waals surface area contributed by atoms with Gasteiger partial charge in [-0.1, -0.05) is 20.3 Å². The van der Waals surface area contributed by atoms with Crippen LogP contribution in [0.25, 0.3) is 0 Å². The highest BCUT2D eigenvalue weighted by Crippen LogP contribution is 2.23. The average molecular weight is 400 g/mol. The van der Waals surface area contributed by atoms with Gasteiger partial charge in [-0.25, -0.2) is 8.42 Å². The number of carbonyl (C=O) groups excluding carboxylic acids is 1. The number of ether oxygens (including phenoxy) is 1. The number of hydrogen-bond acceptors (Lipinski definition) is 4. The van der Waals surface area contributed by atoms with E-state index < -0.39 is 10.0 Å². The van der Waals surface area contributed by atoms with Gasteiger partial charge in [-0.15, -0.1) is 0 Å². The first-order valence-corrected chi connectivity index (χ1v) is 11.3. The first-order valence-electron chi connectivity index (χ1n) is 9.83. The Morgan fingerprint density at radius 2 is 1.85 bits per heavy atom. The van der Waals surface area contributed by atoms with E-state index >= 15 is 0 Å². The van der Waals surface area contributed by atoms with Gasteiger partial charge in [0, 0.05) is 46.0 Å². The van der Waals surface area contributed by atoms with Crippen LogP contribution in [0.2, 0.25) is 0 Å². The molecule has 8 heteroatoms. The van der Waals surface area contributed by atoms with Crippen molar-refractivity contribution in [1.82, 2.24) is 13.8 Å². The maximum Gasteiger partial charge on any atom is 0.270 e. The summed E-state index contributed by atoms with van der Waals surface area (Å²) in [6.07, 6.45) is 6.08. The highest BCUT2D eigenvalue weighted by molar-refractivity contribution is 7.89. The molecule has 2 rings (SSSR count). The summed E-state index contributed by atoms with van der Waals surface area (Å²) in [5, 5.41) is 0. The number of sulfonamides is 1. The molecule has 0 bridgehead atoms. The predicted molar refractivity (Wildman–Crippen MR) is 105 cm³/mol. The van der Waals surface area contributed by atoms with E-state index in [2.05, 4.69) is 13.8 Å². The second kappa shape index (κ2) is 9.71. The molecule has 0 radical (unpaired) electrons. The topological polar surface area (TPSA) is 71.8 Å². The van der Waals surface area contributed by atoms with Crippen molar-refractivity contribution in [2.45, 2.75) is 56.9 Å². The lowest BCUT2D eigenvalue weighted by molar-refractivity contribution is 0.0580. The van der Waals surface area contributed by atoms with Gasteiger partial charge in [-0.05, 0) is 31.7 Å². The molecule has 1 saturated heterocycles. The van der Waals surface area contributed by atoms with Crippen molar-refractivity contribution in [3.63, 3.8) is 0 Å². The normalized spacial score (nSPS) is 16.0. The van der Waals surface area contributed by atoms with Gasteiger partial charge in [0.2, 0.25) is 10.0 Å². The standard InChI is InChI=1S/C19H33N3O4S/c1-5-16(6-2)22(12-13-26-4)19(23)18-14-17(15-20(18)3)27(24,25)21-10-8-7-9-11-21/h14-16H,5-13H2,1-4H3. The third-order valence-electron chi connectivity index (χ3n) is 5.33. The molecule has 0 aromatic carbocycles. The van der Waals surface area contributed by atoms with Crippen LogP contribution in [0, 0.1) is 0 Å². The van der Waals surface area contributed by atoms with Crippen LogP contribution in [-0.4, -0.2) is 67.5 Å². The molecule has 0 aliphatic carbocycles. The van der Waals surface area contributed by atoms with E-state index in [1.54, 1.807) is 29.8 Å². The molecule has 27 heavy (non-hydrogen) atoms. The minimum Gasteiger partial charge on any atom is -0.383 e. The molecule has 7 nitrogen and oxygen atoms in total. The van der Waals surface area contributed by atoms with Crippen LogP contribution < -0.4 is 0 Å². The Morgan fingerprint density at radius 3 is 2.41 bits per heavy atom. The molecule has 1 aromatic heterocycles. The molecule has 0 unspecified atom stereocenters. The Morgan fingerprint density at radius 1 is 1.22 bits per heavy atom. The second-order valence-corrected chi connectivity index (χ2v) is 9.04. The molecule has 0 atom stereocenters. The molecule has 1 aliphatic heterocycles. The van der Waals surface area contributed by atoms with Crippen molar-refractivity contribution in [1.29, 1.82) is 0 Å². The Bertz CT molecular complexity index is 719. The molecule has 1 amide bonds. The minimum atomic E-state index is -3.55. The second-order valence-electron chi connectivity index (χ2n) is 7.10. The maximum absolute atomic E-state index is 13.2. The summed E-state index contributed by atoms with van der Waals surface area (Å²) in [7, 11) is -0.216. The summed E-state index contributed by atoms with van der Waals surface area (Å²) in [5.41, 5.74) is 0.397. The molecule has 0 spiro atoms. The smallest absolute Gasteiger partial charge is 0.270 e. The lowest BCUT2D eigenvalue weighted by Crippen LogP contribution is -2.42. The quantitative estimate of drug-likeness (QED) is 0.640. The van der Waals surface area contributed by atoms with E-state index in [0.717, 1.165) is 32.1 Å². The average Bonchev–Trinajstić information content (AvgIpc) is 3.08. The zero-order valence-electron chi connectivity index (χ0n) is 17.0. The van der Waals surface area contributed by atoms with Crippen LogP contribution in [0.3, 0.4) is 0 Å². The van der Waals surface area contributed by atoms with E-state index in [9.17, 15) is 13.2 Å². The van der Waals surface area contributed by atoms with Crippen molar-refractivity contribution in [3.8, 4) is 0 Å². The number of aromatic nitrogens is 1. The van der Waals surface area contributed by atoms with Crippen LogP contribution in [-0.2, 0) is 21.8 Å². The molecule has 1 fully saturated rings. The number of nitrogens with zero attached hydrogens (tertiary/aromatic N) is 3. The molecular formula is C19H33N3O4S. The molecule has 1 aliphatic rings. The van der Waals surface area contributed by atoms with Gasteiger partial charge in [0.05, 0.1) is 6.61 Å². The SMILES string of the molecule is CCC(CC)N(CCOC)C(=O)c1cc(S(=O)(=O)N2CCCCC2)cn1C. The lowest BCUT2D eigenvalue weighted by Gasteiger charge is -2.30. The van der Waals surface area contributed by atoms with Crippen molar-refractivity contribution >= 4 is 15.9 Å². The van der Waals surface area contributed by atoms with Crippen molar-refractivity contribution < 1.29 is 17.9 Å². The summed E-state index contributed by atoms with van der Waals surface area (Å²) in [6, 6.07) is 1.62. The Labute approximate surface area is 163 Å². The Hall–Kier alpha value is -1.38. The number of methoxy groups -OCH3 is 1. The van der Waals surface area contributed by atoms with E-state index in [4.69, 9.17) is 4.74 Å². The third kappa shape index (κ3) is 4.92. The van der Waals surface area contributed by atoms with Crippen LogP contribution in [0.15, 0.2) is 17.2 Å². The molecule has 0 N–H and O–H groups in total. The summed E-state index contributed by atoms with van der Waals surface area (Å²) >= 11 is 0. The van der Waals surface area contributed by atoms with Gasteiger partial charge in [-0.3, -0.25) is 4.79 Å². The van der Waals surface area contributed by atoms with Crippen LogP contribution >= 0.6 is 0 Å². The van der Waals surface area contributed by atoms with Gasteiger partial charge in [0.25, 0.3) is 5.91 Å². The number of rotatable bonds is 9. The monoisotopic (exact) mass is 399 g/mol. The fraction of sp³-hybridized carbons (Fsp3) is 0.737. The van der Waals surface area contributed by atoms with Gasteiger partial charge in [0.1, 0.15) is 10.6 Å². The van der Waals surface area contributed by atoms with Gasteiger partial charge >= 0.3 is 0 Å². The number of piperidine rings is 1. The number of carbonyl (C=O) groups is 1. The Kier molecular flexibility index (Phi) is 7.88. The minimum absolute atomic E-state index is 0.102. The van der Waals surface area contributed by atoms with Crippen molar-refractivity contribution in [3.05, 3.63) is 18.0 Å². The van der Waals surface area contributed by atoms with Gasteiger partial charge in [0.15, 0.2) is 0 Å². The van der Waals surface area contributed by atoms with E-state index in [0.29, 0.717) is 31.9 Å². The number of hydrogen-bond donors (Lipinski definition) is 0. The summed E-state index contributed by atoms with van der Waals surface area (Å²) in [6.45, 7) is 6.14. The lowest BCUT2D eigenvalue weighted by atomic mass is 10.1. The fourth-order valence-electron chi connectivity index (χ4n) is 3.66. The van der Waals surface area contributed by atoms with Crippen LogP contribution in [0.5, 0.6) is 0 Å². The van der Waals surface area contributed by atoms with E-state index in [-0.39, 0.29) is 16.8 Å². The molecule has 1 aromatic rings.